The van der Waals surface area contributed by atoms with Crippen molar-refractivity contribution in [1.82, 2.24) is 0 Å². The minimum Gasteiger partial charge on any atom is -0.322 e. The maximum Gasteiger partial charge on any atom is 0.258 e. The van der Waals surface area contributed by atoms with E-state index in [4.69, 9.17) is 0 Å². The molecule has 0 aliphatic rings. The fraction of sp³-hybridized carbons (Fsp3) is 0.0714. The second-order valence-electron chi connectivity index (χ2n) is 4.02. The van der Waals surface area contributed by atoms with Gasteiger partial charge in [-0.25, -0.2) is 8.78 Å². The number of nitrogens with one attached hydrogen (secondary N) is 1. The number of hydrogen-bond acceptors (Lipinski definition) is 1. The van der Waals surface area contributed by atoms with Gasteiger partial charge >= 0.3 is 0 Å². The Labute approximate surface area is 123 Å². The van der Waals surface area contributed by atoms with E-state index in [2.05, 4.69) is 27.9 Å². The lowest BCUT2D eigenvalue weighted by Gasteiger charge is -2.08. The average Bonchev–Trinajstić information content (AvgIpc) is 2.37. The number of amides is 1. The Morgan fingerprint density at radius 2 is 1.95 bits per heavy atom. The Morgan fingerprint density at radius 3 is 2.63 bits per heavy atom. The third-order valence-electron chi connectivity index (χ3n) is 2.63. The Hall–Kier alpha value is -1.50. The highest BCUT2D eigenvalue weighted by atomic mass is 127. The first-order chi connectivity index (χ1) is 8.99. The van der Waals surface area contributed by atoms with Crippen LogP contribution in [0.25, 0.3) is 0 Å². The van der Waals surface area contributed by atoms with Gasteiger partial charge in [0.05, 0.1) is 5.56 Å². The number of anilines is 1. The summed E-state index contributed by atoms with van der Waals surface area (Å²) < 4.78 is 27.5. The van der Waals surface area contributed by atoms with Crippen LogP contribution in [0.1, 0.15) is 15.9 Å². The summed E-state index contributed by atoms with van der Waals surface area (Å²) in [7, 11) is 0. The van der Waals surface area contributed by atoms with Crippen molar-refractivity contribution >= 4 is 34.2 Å². The van der Waals surface area contributed by atoms with Gasteiger partial charge in [0.2, 0.25) is 0 Å². The molecule has 2 aromatic carbocycles. The predicted octanol–water partition coefficient (Wildman–Crippen LogP) is 4.13. The average molecular weight is 373 g/mol. The molecule has 1 amide bonds. The summed E-state index contributed by atoms with van der Waals surface area (Å²) in [5.74, 6) is -2.84. The molecule has 5 heteroatoms. The third-order valence-corrected chi connectivity index (χ3v) is 3.79. The molecular weight excluding hydrogens is 363 g/mol. The molecule has 19 heavy (non-hydrogen) atoms. The van der Waals surface area contributed by atoms with Crippen LogP contribution in [-0.2, 0) is 0 Å². The quantitative estimate of drug-likeness (QED) is 0.789. The van der Waals surface area contributed by atoms with Gasteiger partial charge in [-0.3, -0.25) is 4.79 Å². The SMILES string of the molecule is Cc1ccc(NC(=O)c2cccc(F)c2F)cc1I. The molecule has 98 valence electrons. The first-order valence-corrected chi connectivity index (χ1v) is 6.58. The number of carbonyl (C=O) groups is 1. The number of aryl methyl sites for hydroxylation is 1. The Kier molecular flexibility index (Phi) is 4.14. The van der Waals surface area contributed by atoms with Crippen LogP contribution in [0.4, 0.5) is 14.5 Å². The van der Waals surface area contributed by atoms with E-state index in [1.807, 2.05) is 13.0 Å². The van der Waals surface area contributed by atoms with Gasteiger partial charge in [-0.1, -0.05) is 12.1 Å². The van der Waals surface area contributed by atoms with E-state index >= 15 is 0 Å². The number of benzene rings is 2. The Balaban J connectivity index is 2.26. The highest BCUT2D eigenvalue weighted by Gasteiger charge is 2.15. The van der Waals surface area contributed by atoms with Gasteiger partial charge in [-0.2, -0.15) is 0 Å². The van der Waals surface area contributed by atoms with Crippen molar-refractivity contribution in [3.63, 3.8) is 0 Å². The molecular formula is C14H10F2INO. The van der Waals surface area contributed by atoms with Gasteiger partial charge in [0.1, 0.15) is 0 Å². The summed E-state index contributed by atoms with van der Waals surface area (Å²) in [6.07, 6.45) is 0. The highest BCUT2D eigenvalue weighted by Crippen LogP contribution is 2.19. The molecule has 0 aliphatic carbocycles. The lowest BCUT2D eigenvalue weighted by molar-refractivity contribution is 0.102. The molecule has 1 N–H and O–H groups in total. The van der Waals surface area contributed by atoms with E-state index in [1.54, 1.807) is 12.1 Å². The van der Waals surface area contributed by atoms with Crippen LogP contribution in [0.2, 0.25) is 0 Å². The van der Waals surface area contributed by atoms with Gasteiger partial charge in [-0.05, 0) is 59.3 Å². The van der Waals surface area contributed by atoms with Crippen LogP contribution in [0.15, 0.2) is 36.4 Å². The van der Waals surface area contributed by atoms with Gasteiger partial charge in [0.15, 0.2) is 11.6 Å². The zero-order valence-corrected chi connectivity index (χ0v) is 12.2. The predicted molar refractivity (Wildman–Crippen MR) is 78.2 cm³/mol. The molecule has 0 radical (unpaired) electrons. The van der Waals surface area contributed by atoms with Gasteiger partial charge in [-0.15, -0.1) is 0 Å². The molecule has 0 aliphatic heterocycles. The number of carbonyl (C=O) groups excluding carboxylic acids is 1. The molecule has 2 aromatic rings. The smallest absolute Gasteiger partial charge is 0.258 e. The topological polar surface area (TPSA) is 29.1 Å². The molecule has 0 fully saturated rings. The summed E-state index contributed by atoms with van der Waals surface area (Å²) in [4.78, 5) is 11.9. The number of hydrogen-bond donors (Lipinski definition) is 1. The van der Waals surface area contributed by atoms with Crippen LogP contribution in [0, 0.1) is 22.1 Å². The van der Waals surface area contributed by atoms with Crippen LogP contribution in [0.5, 0.6) is 0 Å². The molecule has 0 saturated carbocycles. The van der Waals surface area contributed by atoms with E-state index in [0.29, 0.717) is 5.69 Å². The van der Waals surface area contributed by atoms with E-state index in [1.165, 1.54) is 12.1 Å². The van der Waals surface area contributed by atoms with Crippen LogP contribution in [-0.4, -0.2) is 5.91 Å². The standard InChI is InChI=1S/C14H10F2INO/c1-8-5-6-9(7-12(8)17)18-14(19)10-3-2-4-11(15)13(10)16/h2-7H,1H3,(H,18,19). The Morgan fingerprint density at radius 1 is 1.21 bits per heavy atom. The molecule has 2 rings (SSSR count). The molecule has 0 saturated heterocycles. The van der Waals surface area contributed by atoms with Crippen molar-refractivity contribution in [3.8, 4) is 0 Å². The summed E-state index contributed by atoms with van der Waals surface area (Å²) in [5.41, 5.74) is 1.31. The summed E-state index contributed by atoms with van der Waals surface area (Å²) >= 11 is 2.14. The first kappa shape index (κ1) is 13.9. The monoisotopic (exact) mass is 373 g/mol. The van der Waals surface area contributed by atoms with E-state index < -0.39 is 17.5 Å². The van der Waals surface area contributed by atoms with E-state index in [9.17, 15) is 13.6 Å². The summed E-state index contributed by atoms with van der Waals surface area (Å²) in [5, 5.41) is 2.54. The maximum absolute atomic E-state index is 13.5. The van der Waals surface area contributed by atoms with Gasteiger partial charge in [0.25, 0.3) is 5.91 Å². The number of halogens is 3. The van der Waals surface area contributed by atoms with E-state index in [-0.39, 0.29) is 5.56 Å². The second kappa shape index (κ2) is 5.64. The first-order valence-electron chi connectivity index (χ1n) is 5.50. The van der Waals surface area contributed by atoms with Crippen molar-refractivity contribution in [3.05, 3.63) is 62.7 Å². The fourth-order valence-corrected chi connectivity index (χ4v) is 2.06. The Bertz CT molecular complexity index is 643. The van der Waals surface area contributed by atoms with Crippen molar-refractivity contribution in [2.75, 3.05) is 5.32 Å². The third kappa shape index (κ3) is 3.09. The zero-order valence-electron chi connectivity index (χ0n) is 10.0. The van der Waals surface area contributed by atoms with Gasteiger partial charge in [0, 0.05) is 9.26 Å². The molecule has 0 atom stereocenters. The lowest BCUT2D eigenvalue weighted by Crippen LogP contribution is -2.14. The minimum absolute atomic E-state index is 0.310. The summed E-state index contributed by atoms with van der Waals surface area (Å²) in [6, 6.07) is 8.84. The summed E-state index contributed by atoms with van der Waals surface area (Å²) in [6.45, 7) is 1.94. The fourth-order valence-electron chi connectivity index (χ4n) is 1.55. The van der Waals surface area contributed by atoms with Crippen molar-refractivity contribution in [1.29, 1.82) is 0 Å². The molecule has 0 unspecified atom stereocenters. The maximum atomic E-state index is 13.5. The molecule has 2 nitrogen and oxygen atoms in total. The highest BCUT2D eigenvalue weighted by molar-refractivity contribution is 14.1. The van der Waals surface area contributed by atoms with Crippen LogP contribution < -0.4 is 5.32 Å². The lowest BCUT2D eigenvalue weighted by atomic mass is 10.1. The zero-order chi connectivity index (χ0) is 14.0. The number of rotatable bonds is 2. The molecule has 0 bridgehead atoms. The van der Waals surface area contributed by atoms with Crippen LogP contribution >= 0.6 is 22.6 Å². The minimum atomic E-state index is -1.14. The van der Waals surface area contributed by atoms with Gasteiger partial charge < -0.3 is 5.32 Å². The molecule has 0 heterocycles. The van der Waals surface area contributed by atoms with Crippen molar-refractivity contribution < 1.29 is 13.6 Å². The molecule has 0 aromatic heterocycles. The van der Waals surface area contributed by atoms with E-state index in [0.717, 1.165) is 15.2 Å². The van der Waals surface area contributed by atoms with Crippen molar-refractivity contribution in [2.24, 2.45) is 0 Å². The van der Waals surface area contributed by atoms with Crippen molar-refractivity contribution in [2.45, 2.75) is 6.92 Å². The second-order valence-corrected chi connectivity index (χ2v) is 5.18. The normalized spacial score (nSPS) is 10.3. The molecule has 0 spiro atoms. The van der Waals surface area contributed by atoms with Crippen LogP contribution in [0.3, 0.4) is 0 Å². The largest absolute Gasteiger partial charge is 0.322 e.